The first kappa shape index (κ1) is 13.2. The summed E-state index contributed by atoms with van der Waals surface area (Å²) in [6.45, 7) is 1.41. The minimum Gasteiger partial charge on any atom is -0.480 e. The van der Waals surface area contributed by atoms with Crippen LogP contribution in [0.25, 0.3) is 0 Å². The molecule has 1 rings (SSSR count). The molecule has 0 radical (unpaired) electrons. The van der Waals surface area contributed by atoms with Crippen molar-refractivity contribution in [2.75, 3.05) is 0 Å². The molecule has 0 bridgehead atoms. The van der Waals surface area contributed by atoms with Crippen molar-refractivity contribution in [2.45, 2.75) is 25.4 Å². The molecule has 4 N–H and O–H groups in total. The van der Waals surface area contributed by atoms with Crippen LogP contribution in [0, 0.1) is 0 Å². The van der Waals surface area contributed by atoms with Crippen LogP contribution in [0.2, 0.25) is 0 Å². The SMILES string of the molecule is CC(NC(=O)CC(N)c1ccccc1)C(=O)O. The second-order valence-electron chi connectivity index (χ2n) is 3.85. The summed E-state index contributed by atoms with van der Waals surface area (Å²) in [6, 6.07) is 7.89. The average molecular weight is 236 g/mol. The highest BCUT2D eigenvalue weighted by molar-refractivity contribution is 5.83. The van der Waals surface area contributed by atoms with Crippen LogP contribution in [0.4, 0.5) is 0 Å². The molecule has 0 saturated carbocycles. The number of carboxylic acids is 1. The van der Waals surface area contributed by atoms with E-state index < -0.39 is 18.1 Å². The molecule has 5 nitrogen and oxygen atoms in total. The van der Waals surface area contributed by atoms with Gasteiger partial charge in [-0.3, -0.25) is 9.59 Å². The fraction of sp³-hybridized carbons (Fsp3) is 0.333. The van der Waals surface area contributed by atoms with Crippen LogP contribution in [0.3, 0.4) is 0 Å². The monoisotopic (exact) mass is 236 g/mol. The van der Waals surface area contributed by atoms with Gasteiger partial charge in [0.15, 0.2) is 0 Å². The van der Waals surface area contributed by atoms with Crippen LogP contribution in [-0.4, -0.2) is 23.0 Å². The molecule has 0 aliphatic carbocycles. The van der Waals surface area contributed by atoms with E-state index in [2.05, 4.69) is 5.32 Å². The first-order chi connectivity index (χ1) is 8.00. The lowest BCUT2D eigenvalue weighted by Gasteiger charge is -2.13. The number of benzene rings is 1. The van der Waals surface area contributed by atoms with Crippen LogP contribution >= 0.6 is 0 Å². The van der Waals surface area contributed by atoms with Crippen molar-refractivity contribution in [2.24, 2.45) is 5.73 Å². The third-order valence-electron chi connectivity index (χ3n) is 2.38. The summed E-state index contributed by atoms with van der Waals surface area (Å²) in [7, 11) is 0. The Hall–Kier alpha value is -1.88. The first-order valence-electron chi connectivity index (χ1n) is 5.33. The molecule has 92 valence electrons. The van der Waals surface area contributed by atoms with Crippen LogP contribution < -0.4 is 11.1 Å². The van der Waals surface area contributed by atoms with E-state index in [4.69, 9.17) is 10.8 Å². The molecule has 1 aromatic carbocycles. The predicted molar refractivity (Wildman–Crippen MR) is 63.2 cm³/mol. The van der Waals surface area contributed by atoms with Gasteiger partial charge in [0, 0.05) is 12.5 Å². The third kappa shape index (κ3) is 4.24. The molecule has 0 saturated heterocycles. The van der Waals surface area contributed by atoms with Crippen LogP contribution in [0.1, 0.15) is 24.9 Å². The number of hydrogen-bond acceptors (Lipinski definition) is 3. The zero-order valence-electron chi connectivity index (χ0n) is 9.59. The Balaban J connectivity index is 2.49. The van der Waals surface area contributed by atoms with Gasteiger partial charge < -0.3 is 16.2 Å². The number of carbonyl (C=O) groups is 2. The fourth-order valence-electron chi connectivity index (χ4n) is 1.38. The number of nitrogens with two attached hydrogens (primary N) is 1. The lowest BCUT2D eigenvalue weighted by Crippen LogP contribution is -2.39. The lowest BCUT2D eigenvalue weighted by molar-refractivity contribution is -0.141. The number of carbonyl (C=O) groups excluding carboxylic acids is 1. The minimum atomic E-state index is -1.06. The van der Waals surface area contributed by atoms with Crippen molar-refractivity contribution >= 4 is 11.9 Å². The number of hydrogen-bond donors (Lipinski definition) is 3. The van der Waals surface area contributed by atoms with E-state index in [0.717, 1.165) is 5.56 Å². The van der Waals surface area contributed by atoms with E-state index in [0.29, 0.717) is 0 Å². The summed E-state index contributed by atoms with van der Waals surface area (Å²) in [5, 5.41) is 11.0. The number of rotatable bonds is 5. The number of nitrogens with one attached hydrogen (secondary N) is 1. The molecule has 17 heavy (non-hydrogen) atoms. The number of amides is 1. The van der Waals surface area contributed by atoms with E-state index in [9.17, 15) is 9.59 Å². The maximum Gasteiger partial charge on any atom is 0.325 e. The summed E-state index contributed by atoms with van der Waals surface area (Å²) in [5.41, 5.74) is 6.69. The van der Waals surface area contributed by atoms with Gasteiger partial charge in [-0.05, 0) is 12.5 Å². The van der Waals surface area contributed by atoms with Crippen molar-refractivity contribution in [1.29, 1.82) is 0 Å². The van der Waals surface area contributed by atoms with Crippen molar-refractivity contribution in [3.63, 3.8) is 0 Å². The third-order valence-corrected chi connectivity index (χ3v) is 2.38. The normalized spacial score (nSPS) is 13.8. The van der Waals surface area contributed by atoms with Crippen molar-refractivity contribution in [3.05, 3.63) is 35.9 Å². The maximum absolute atomic E-state index is 11.5. The molecule has 0 fully saturated rings. The highest BCUT2D eigenvalue weighted by Crippen LogP contribution is 2.12. The summed E-state index contributed by atoms with van der Waals surface area (Å²) < 4.78 is 0. The molecule has 0 heterocycles. The van der Waals surface area contributed by atoms with Gasteiger partial charge in [-0.2, -0.15) is 0 Å². The summed E-state index contributed by atoms with van der Waals surface area (Å²) in [4.78, 5) is 22.0. The van der Waals surface area contributed by atoms with Crippen LogP contribution in [-0.2, 0) is 9.59 Å². The Labute approximate surface area is 99.6 Å². The number of carboxylic acid groups (broad SMARTS) is 1. The highest BCUT2D eigenvalue weighted by Gasteiger charge is 2.16. The second-order valence-corrected chi connectivity index (χ2v) is 3.85. The molecule has 1 aromatic rings. The number of aliphatic carboxylic acids is 1. The Morgan fingerprint density at radius 1 is 1.35 bits per heavy atom. The topological polar surface area (TPSA) is 92.4 Å². The van der Waals surface area contributed by atoms with Crippen LogP contribution in [0.15, 0.2) is 30.3 Å². The zero-order chi connectivity index (χ0) is 12.8. The van der Waals surface area contributed by atoms with Gasteiger partial charge in [-0.25, -0.2) is 0 Å². The molecule has 0 aromatic heterocycles. The van der Waals surface area contributed by atoms with E-state index >= 15 is 0 Å². The van der Waals surface area contributed by atoms with Gasteiger partial charge in [0.25, 0.3) is 0 Å². The summed E-state index contributed by atoms with van der Waals surface area (Å²) in [5.74, 6) is -1.43. The van der Waals surface area contributed by atoms with Gasteiger partial charge in [0.1, 0.15) is 6.04 Å². The molecular weight excluding hydrogens is 220 g/mol. The van der Waals surface area contributed by atoms with E-state index in [1.54, 1.807) is 0 Å². The summed E-state index contributed by atoms with van der Waals surface area (Å²) in [6.07, 6.45) is 0.0711. The largest absolute Gasteiger partial charge is 0.480 e. The van der Waals surface area contributed by atoms with Crippen molar-refractivity contribution in [3.8, 4) is 0 Å². The molecule has 5 heteroatoms. The first-order valence-corrected chi connectivity index (χ1v) is 5.33. The standard InChI is InChI=1S/C12H16N2O3/c1-8(12(16)17)14-11(15)7-10(13)9-5-3-2-4-6-9/h2-6,8,10H,7,13H2,1H3,(H,14,15)(H,16,17). The van der Waals surface area contributed by atoms with Gasteiger partial charge in [-0.15, -0.1) is 0 Å². The van der Waals surface area contributed by atoms with E-state index in [1.807, 2.05) is 30.3 Å². The second kappa shape index (κ2) is 6.00. The van der Waals surface area contributed by atoms with Crippen molar-refractivity contribution in [1.82, 2.24) is 5.32 Å². The Bertz CT molecular complexity index is 392. The predicted octanol–water partition coefficient (Wildman–Crippen LogP) is 0.666. The van der Waals surface area contributed by atoms with E-state index in [1.165, 1.54) is 6.92 Å². The molecule has 0 aliphatic rings. The molecule has 2 unspecified atom stereocenters. The van der Waals surface area contributed by atoms with Gasteiger partial charge in [0.2, 0.25) is 5.91 Å². The zero-order valence-corrected chi connectivity index (χ0v) is 9.59. The highest BCUT2D eigenvalue weighted by atomic mass is 16.4. The molecule has 0 aliphatic heterocycles. The molecule has 2 atom stereocenters. The van der Waals surface area contributed by atoms with Gasteiger partial charge >= 0.3 is 5.97 Å². The summed E-state index contributed by atoms with van der Waals surface area (Å²) >= 11 is 0. The van der Waals surface area contributed by atoms with E-state index in [-0.39, 0.29) is 12.3 Å². The Morgan fingerprint density at radius 3 is 2.47 bits per heavy atom. The lowest BCUT2D eigenvalue weighted by atomic mass is 10.0. The fourth-order valence-corrected chi connectivity index (χ4v) is 1.38. The van der Waals surface area contributed by atoms with Crippen molar-refractivity contribution < 1.29 is 14.7 Å². The quantitative estimate of drug-likeness (QED) is 0.700. The molecule has 0 spiro atoms. The minimum absolute atomic E-state index is 0.0711. The molecule has 1 amide bonds. The Morgan fingerprint density at radius 2 is 1.94 bits per heavy atom. The maximum atomic E-state index is 11.5. The Kier molecular flexibility index (Phi) is 4.66. The van der Waals surface area contributed by atoms with Gasteiger partial charge in [-0.1, -0.05) is 30.3 Å². The molecular formula is C12H16N2O3. The smallest absolute Gasteiger partial charge is 0.325 e. The van der Waals surface area contributed by atoms with Crippen LogP contribution in [0.5, 0.6) is 0 Å². The average Bonchev–Trinajstić information content (AvgIpc) is 2.29. The van der Waals surface area contributed by atoms with Gasteiger partial charge in [0.05, 0.1) is 0 Å².